The highest BCUT2D eigenvalue weighted by Gasteiger charge is 2.07. The summed E-state index contributed by atoms with van der Waals surface area (Å²) in [6.45, 7) is 0. The van der Waals surface area contributed by atoms with Crippen LogP contribution in [-0.4, -0.2) is 19.7 Å². The summed E-state index contributed by atoms with van der Waals surface area (Å²) in [7, 11) is 0. The second-order valence-corrected chi connectivity index (χ2v) is 3.06. The van der Waals surface area contributed by atoms with Crippen molar-refractivity contribution in [1.82, 2.24) is 19.7 Å². The molecule has 2 rings (SSSR count). The Bertz CT molecular complexity index is 540. The summed E-state index contributed by atoms with van der Waals surface area (Å²) >= 11 is 5.71. The molecule has 0 atom stereocenters. The summed E-state index contributed by atoms with van der Waals surface area (Å²) < 4.78 is 1.31. The number of rotatable bonds is 1. The second kappa shape index (κ2) is 3.55. The molecule has 7 heteroatoms. The maximum atomic E-state index is 8.56. The number of aromatic nitrogens is 4. The van der Waals surface area contributed by atoms with Gasteiger partial charge in [0.05, 0.1) is 5.69 Å². The van der Waals surface area contributed by atoms with E-state index in [1.807, 2.05) is 0 Å². The van der Waals surface area contributed by atoms with Gasteiger partial charge in [-0.2, -0.15) is 9.94 Å². The van der Waals surface area contributed by atoms with Crippen LogP contribution in [0.4, 0.5) is 5.69 Å². The summed E-state index contributed by atoms with van der Waals surface area (Å²) in [5.74, 6) is 0.410. The third-order valence-electron chi connectivity index (χ3n) is 1.68. The van der Waals surface area contributed by atoms with Crippen LogP contribution in [0, 0.1) is 11.3 Å². The molecule has 0 aromatic carbocycles. The molecule has 0 aliphatic carbocycles. The lowest BCUT2D eigenvalue weighted by atomic mass is 10.4. The van der Waals surface area contributed by atoms with Gasteiger partial charge in [-0.15, -0.1) is 5.10 Å². The fourth-order valence-corrected chi connectivity index (χ4v) is 1.18. The smallest absolute Gasteiger partial charge is 0.252 e. The minimum Gasteiger partial charge on any atom is -0.396 e. The molecule has 0 spiro atoms. The Hall–Kier alpha value is -2.13. The van der Waals surface area contributed by atoms with Crippen molar-refractivity contribution in [2.24, 2.45) is 0 Å². The van der Waals surface area contributed by atoms with E-state index in [-0.39, 0.29) is 5.82 Å². The van der Waals surface area contributed by atoms with Gasteiger partial charge in [0.25, 0.3) is 5.82 Å². The Morgan fingerprint density at radius 3 is 2.93 bits per heavy atom. The topological polar surface area (TPSA) is 93.4 Å². The molecule has 2 heterocycles. The Labute approximate surface area is 89.9 Å². The van der Waals surface area contributed by atoms with E-state index in [1.165, 1.54) is 11.0 Å². The molecule has 0 saturated heterocycles. The molecule has 74 valence electrons. The first-order valence-corrected chi connectivity index (χ1v) is 4.32. The van der Waals surface area contributed by atoms with Crippen molar-refractivity contribution in [3.63, 3.8) is 0 Å². The maximum absolute atomic E-state index is 8.56. The van der Waals surface area contributed by atoms with Gasteiger partial charge >= 0.3 is 0 Å². The number of hydrogen-bond donors (Lipinski definition) is 1. The van der Waals surface area contributed by atoms with Gasteiger partial charge in [0.15, 0.2) is 5.82 Å². The zero-order chi connectivity index (χ0) is 10.8. The zero-order valence-electron chi connectivity index (χ0n) is 7.42. The Kier molecular flexibility index (Phi) is 2.23. The molecule has 0 fully saturated rings. The van der Waals surface area contributed by atoms with Crippen molar-refractivity contribution < 1.29 is 0 Å². The van der Waals surface area contributed by atoms with E-state index in [1.54, 1.807) is 18.2 Å². The Morgan fingerprint density at radius 1 is 1.47 bits per heavy atom. The van der Waals surface area contributed by atoms with Crippen LogP contribution in [0.2, 0.25) is 5.15 Å². The molecule has 0 aliphatic rings. The molecule has 0 unspecified atom stereocenters. The van der Waals surface area contributed by atoms with Gasteiger partial charge in [-0.25, -0.2) is 9.97 Å². The number of hydrogen-bond acceptors (Lipinski definition) is 5. The molecule has 15 heavy (non-hydrogen) atoms. The normalized spacial score (nSPS) is 9.87. The van der Waals surface area contributed by atoms with Gasteiger partial charge < -0.3 is 5.73 Å². The van der Waals surface area contributed by atoms with Crippen LogP contribution in [0.1, 0.15) is 5.82 Å². The van der Waals surface area contributed by atoms with Gasteiger partial charge in [0.2, 0.25) is 0 Å². The SMILES string of the molecule is N#Cc1ncn(-c2nc(Cl)ccc2N)n1. The lowest BCUT2D eigenvalue weighted by molar-refractivity contribution is 0.843. The molecular formula is C8H5ClN6. The maximum Gasteiger partial charge on any atom is 0.252 e. The molecule has 6 nitrogen and oxygen atoms in total. The number of pyridine rings is 1. The summed E-state index contributed by atoms with van der Waals surface area (Å²) in [5, 5.41) is 12.7. The first kappa shape index (κ1) is 9.43. The predicted octanol–water partition coefficient (Wildman–Crippen LogP) is 0.770. The highest BCUT2D eigenvalue weighted by molar-refractivity contribution is 6.29. The number of nitrogens with zero attached hydrogens (tertiary/aromatic N) is 5. The summed E-state index contributed by atoms with van der Waals surface area (Å²) in [5.41, 5.74) is 6.09. The quantitative estimate of drug-likeness (QED) is 0.717. The standard InChI is InChI=1S/C8H5ClN6/c9-6-2-1-5(11)8(13-6)15-4-12-7(3-10)14-15/h1-2,4H,11H2. The number of anilines is 1. The van der Waals surface area contributed by atoms with E-state index in [0.717, 1.165) is 0 Å². The minimum absolute atomic E-state index is 0.0520. The van der Waals surface area contributed by atoms with Crippen molar-refractivity contribution in [3.05, 3.63) is 29.4 Å². The Balaban J connectivity index is 2.54. The number of nitrogen functional groups attached to an aromatic ring is 1. The van der Waals surface area contributed by atoms with Gasteiger partial charge in [-0.1, -0.05) is 11.6 Å². The molecule has 0 amide bonds. The molecule has 0 bridgehead atoms. The third kappa shape index (κ3) is 1.73. The lowest BCUT2D eigenvalue weighted by Crippen LogP contribution is -2.03. The first-order chi connectivity index (χ1) is 7.20. The van der Waals surface area contributed by atoms with Crippen molar-refractivity contribution in [2.45, 2.75) is 0 Å². The predicted molar refractivity (Wildman–Crippen MR) is 53.3 cm³/mol. The van der Waals surface area contributed by atoms with Gasteiger partial charge in [0, 0.05) is 0 Å². The van der Waals surface area contributed by atoms with Gasteiger partial charge in [-0.05, 0) is 12.1 Å². The molecular weight excluding hydrogens is 216 g/mol. The summed E-state index contributed by atoms with van der Waals surface area (Å²) in [6, 6.07) is 4.99. The van der Waals surface area contributed by atoms with Gasteiger partial charge in [0.1, 0.15) is 17.5 Å². The minimum atomic E-state index is 0.0520. The largest absolute Gasteiger partial charge is 0.396 e. The van der Waals surface area contributed by atoms with Crippen molar-refractivity contribution in [1.29, 1.82) is 5.26 Å². The average Bonchev–Trinajstić information content (AvgIpc) is 2.70. The summed E-state index contributed by atoms with van der Waals surface area (Å²) in [4.78, 5) is 7.72. The van der Waals surface area contributed by atoms with E-state index in [9.17, 15) is 0 Å². The van der Waals surface area contributed by atoms with Crippen LogP contribution in [0.3, 0.4) is 0 Å². The summed E-state index contributed by atoms with van der Waals surface area (Å²) in [6.07, 6.45) is 1.35. The average molecular weight is 221 g/mol. The van der Waals surface area contributed by atoms with Crippen LogP contribution in [0.15, 0.2) is 18.5 Å². The highest BCUT2D eigenvalue weighted by Crippen LogP contribution is 2.16. The van der Waals surface area contributed by atoms with Crippen LogP contribution in [0.5, 0.6) is 0 Å². The lowest BCUT2D eigenvalue weighted by Gasteiger charge is -2.02. The molecule has 2 aromatic heterocycles. The monoisotopic (exact) mass is 220 g/mol. The Morgan fingerprint density at radius 2 is 2.27 bits per heavy atom. The number of nitriles is 1. The van der Waals surface area contributed by atoms with Crippen molar-refractivity contribution in [3.8, 4) is 11.9 Å². The van der Waals surface area contributed by atoms with E-state index in [0.29, 0.717) is 16.7 Å². The molecule has 2 aromatic rings. The van der Waals surface area contributed by atoms with Crippen LogP contribution in [0.25, 0.3) is 5.82 Å². The van der Waals surface area contributed by atoms with E-state index in [4.69, 9.17) is 22.6 Å². The fraction of sp³-hybridized carbons (Fsp3) is 0. The number of halogens is 1. The molecule has 0 radical (unpaired) electrons. The second-order valence-electron chi connectivity index (χ2n) is 2.67. The fourth-order valence-electron chi connectivity index (χ4n) is 1.04. The molecule has 0 saturated carbocycles. The van der Waals surface area contributed by atoms with Crippen molar-refractivity contribution in [2.75, 3.05) is 5.73 Å². The first-order valence-electron chi connectivity index (χ1n) is 3.95. The van der Waals surface area contributed by atoms with Crippen LogP contribution >= 0.6 is 11.6 Å². The molecule has 2 N–H and O–H groups in total. The van der Waals surface area contributed by atoms with Crippen LogP contribution < -0.4 is 5.73 Å². The van der Waals surface area contributed by atoms with Gasteiger partial charge in [-0.3, -0.25) is 0 Å². The van der Waals surface area contributed by atoms with E-state index < -0.39 is 0 Å². The van der Waals surface area contributed by atoms with Crippen LogP contribution in [-0.2, 0) is 0 Å². The zero-order valence-corrected chi connectivity index (χ0v) is 8.18. The molecule has 0 aliphatic heterocycles. The van der Waals surface area contributed by atoms with E-state index in [2.05, 4.69) is 15.1 Å². The number of nitrogens with two attached hydrogens (primary N) is 1. The highest BCUT2D eigenvalue weighted by atomic mass is 35.5. The van der Waals surface area contributed by atoms with Crippen molar-refractivity contribution >= 4 is 17.3 Å². The van der Waals surface area contributed by atoms with E-state index >= 15 is 0 Å². The third-order valence-corrected chi connectivity index (χ3v) is 1.89.